The summed E-state index contributed by atoms with van der Waals surface area (Å²) in [5, 5.41) is 3.99. The summed E-state index contributed by atoms with van der Waals surface area (Å²) in [4.78, 5) is 12.7. The molecule has 4 rings (SSSR count). The van der Waals surface area contributed by atoms with Crippen LogP contribution in [0.3, 0.4) is 0 Å². The van der Waals surface area contributed by atoms with Crippen LogP contribution in [0.5, 0.6) is 28.7 Å². The molecular formula is C24H25NO8. The Hall–Kier alpha value is -3.88. The van der Waals surface area contributed by atoms with Gasteiger partial charge in [0.2, 0.25) is 12.5 Å². The van der Waals surface area contributed by atoms with Crippen molar-refractivity contribution in [1.82, 2.24) is 5.16 Å². The molecule has 0 radical (unpaired) electrons. The molecule has 33 heavy (non-hydrogen) atoms. The lowest BCUT2D eigenvalue weighted by Crippen LogP contribution is -2.09. The first-order valence-corrected chi connectivity index (χ1v) is 10.7. The molecule has 0 amide bonds. The van der Waals surface area contributed by atoms with Crippen LogP contribution in [0.2, 0.25) is 0 Å². The fraction of sp³-hybridized carbons (Fsp3) is 0.333. The second-order valence-electron chi connectivity index (χ2n) is 6.93. The van der Waals surface area contributed by atoms with Gasteiger partial charge in [0.05, 0.1) is 25.4 Å². The van der Waals surface area contributed by atoms with E-state index >= 15 is 0 Å². The Morgan fingerprint density at radius 2 is 1.61 bits per heavy atom. The molecule has 1 aromatic heterocycles. The fourth-order valence-electron chi connectivity index (χ4n) is 3.30. The van der Waals surface area contributed by atoms with Crippen LogP contribution in [0.15, 0.2) is 40.9 Å². The topological polar surface area (TPSA) is 98.5 Å². The molecule has 0 saturated heterocycles. The smallest absolute Gasteiger partial charge is 0.338 e. The Kier molecular flexibility index (Phi) is 6.87. The molecule has 0 N–H and O–H groups in total. The normalized spacial score (nSPS) is 11.8. The Labute approximate surface area is 191 Å². The molecule has 0 atom stereocenters. The van der Waals surface area contributed by atoms with Gasteiger partial charge in [-0.05, 0) is 51.1 Å². The highest BCUT2D eigenvalue weighted by Crippen LogP contribution is 2.39. The third kappa shape index (κ3) is 4.97. The van der Waals surface area contributed by atoms with E-state index in [1.807, 2.05) is 32.9 Å². The van der Waals surface area contributed by atoms with Crippen LogP contribution in [-0.4, -0.2) is 37.7 Å². The standard InChI is InChI=1S/C24H25NO8/c1-4-27-21-10-16(11-22(28-5-2)23(21)29-6-3)24(26)30-13-17-12-19(33-25-17)15-7-8-18-20(9-15)32-14-31-18/h7-12H,4-6,13-14H2,1-3H3. The van der Waals surface area contributed by atoms with Crippen molar-refractivity contribution in [1.29, 1.82) is 0 Å². The second-order valence-corrected chi connectivity index (χ2v) is 6.93. The Morgan fingerprint density at radius 3 is 2.30 bits per heavy atom. The molecule has 0 spiro atoms. The van der Waals surface area contributed by atoms with Gasteiger partial charge in [-0.3, -0.25) is 0 Å². The number of benzene rings is 2. The molecule has 1 aliphatic heterocycles. The monoisotopic (exact) mass is 455 g/mol. The average Bonchev–Trinajstić information content (AvgIpc) is 3.48. The first-order valence-electron chi connectivity index (χ1n) is 10.7. The van der Waals surface area contributed by atoms with Crippen LogP contribution in [0.1, 0.15) is 36.8 Å². The van der Waals surface area contributed by atoms with Gasteiger partial charge in [0.15, 0.2) is 28.8 Å². The van der Waals surface area contributed by atoms with Crippen molar-refractivity contribution in [2.24, 2.45) is 0 Å². The molecule has 174 valence electrons. The third-order valence-electron chi connectivity index (χ3n) is 4.71. The molecule has 0 bridgehead atoms. The molecule has 0 fully saturated rings. The van der Waals surface area contributed by atoms with Crippen LogP contribution in [0.4, 0.5) is 0 Å². The molecule has 0 aliphatic carbocycles. The number of hydrogen-bond donors (Lipinski definition) is 0. The highest BCUT2D eigenvalue weighted by Gasteiger charge is 2.20. The first kappa shape index (κ1) is 22.3. The van der Waals surface area contributed by atoms with Gasteiger partial charge < -0.3 is 32.9 Å². The Balaban J connectivity index is 1.47. The van der Waals surface area contributed by atoms with E-state index in [2.05, 4.69) is 5.16 Å². The van der Waals surface area contributed by atoms with Gasteiger partial charge in [-0.25, -0.2) is 4.79 Å². The third-order valence-corrected chi connectivity index (χ3v) is 4.71. The zero-order valence-electron chi connectivity index (χ0n) is 18.7. The minimum absolute atomic E-state index is 0.0615. The summed E-state index contributed by atoms with van der Waals surface area (Å²) in [6.07, 6.45) is 0. The van der Waals surface area contributed by atoms with Crippen molar-refractivity contribution in [3.63, 3.8) is 0 Å². The van der Waals surface area contributed by atoms with E-state index < -0.39 is 5.97 Å². The summed E-state index contributed by atoms with van der Waals surface area (Å²) in [6, 6.07) is 10.3. The SMILES string of the molecule is CCOc1cc(C(=O)OCc2cc(-c3ccc4c(c3)OCO4)on2)cc(OCC)c1OCC. The van der Waals surface area contributed by atoms with E-state index in [4.69, 9.17) is 32.9 Å². The number of ether oxygens (including phenoxy) is 6. The van der Waals surface area contributed by atoms with Gasteiger partial charge in [-0.15, -0.1) is 0 Å². The minimum Gasteiger partial charge on any atom is -0.490 e. The molecule has 1 aliphatic rings. The quantitative estimate of drug-likeness (QED) is 0.405. The lowest BCUT2D eigenvalue weighted by atomic mass is 10.1. The lowest BCUT2D eigenvalue weighted by Gasteiger charge is -2.16. The first-order chi connectivity index (χ1) is 16.1. The van der Waals surface area contributed by atoms with Gasteiger partial charge in [0, 0.05) is 11.6 Å². The Bertz CT molecular complexity index is 1100. The molecule has 0 saturated carbocycles. The van der Waals surface area contributed by atoms with Crippen LogP contribution in [0.25, 0.3) is 11.3 Å². The summed E-state index contributed by atoms with van der Waals surface area (Å²) in [5.41, 5.74) is 1.53. The minimum atomic E-state index is -0.549. The van der Waals surface area contributed by atoms with Crippen LogP contribution < -0.4 is 23.7 Å². The number of nitrogens with zero attached hydrogens (tertiary/aromatic N) is 1. The van der Waals surface area contributed by atoms with E-state index in [-0.39, 0.29) is 19.0 Å². The summed E-state index contributed by atoms with van der Waals surface area (Å²) >= 11 is 0. The number of carbonyl (C=O) groups excluding carboxylic acids is 1. The van der Waals surface area contributed by atoms with E-state index in [9.17, 15) is 4.79 Å². The molecule has 2 aromatic carbocycles. The van der Waals surface area contributed by atoms with Gasteiger partial charge in [-0.1, -0.05) is 5.16 Å². The van der Waals surface area contributed by atoms with Gasteiger partial charge in [0.1, 0.15) is 12.3 Å². The Morgan fingerprint density at radius 1 is 0.909 bits per heavy atom. The largest absolute Gasteiger partial charge is 0.490 e. The van der Waals surface area contributed by atoms with E-state index in [1.165, 1.54) is 0 Å². The summed E-state index contributed by atoms with van der Waals surface area (Å²) < 4.78 is 38.5. The zero-order chi connectivity index (χ0) is 23.2. The molecule has 9 nitrogen and oxygen atoms in total. The predicted octanol–water partition coefficient (Wildman–Crippen LogP) is 4.62. The maximum absolute atomic E-state index is 12.7. The maximum atomic E-state index is 12.7. The average molecular weight is 455 g/mol. The van der Waals surface area contributed by atoms with E-state index in [1.54, 1.807) is 24.3 Å². The van der Waals surface area contributed by atoms with E-state index in [0.29, 0.717) is 60.0 Å². The number of rotatable bonds is 10. The number of fused-ring (bicyclic) bond motifs is 1. The van der Waals surface area contributed by atoms with Crippen molar-refractivity contribution >= 4 is 5.97 Å². The zero-order valence-corrected chi connectivity index (χ0v) is 18.7. The highest BCUT2D eigenvalue weighted by atomic mass is 16.7. The fourth-order valence-corrected chi connectivity index (χ4v) is 3.30. The molecule has 3 aromatic rings. The van der Waals surface area contributed by atoms with E-state index in [0.717, 1.165) is 5.56 Å². The second kappa shape index (κ2) is 10.2. The van der Waals surface area contributed by atoms with Crippen molar-refractivity contribution in [2.45, 2.75) is 27.4 Å². The molecule has 9 heteroatoms. The van der Waals surface area contributed by atoms with Gasteiger partial charge in [0.25, 0.3) is 0 Å². The van der Waals surface area contributed by atoms with Crippen LogP contribution in [-0.2, 0) is 11.3 Å². The summed E-state index contributed by atoms with van der Waals surface area (Å²) in [5.74, 6) is 2.60. The van der Waals surface area contributed by atoms with Crippen molar-refractivity contribution in [3.8, 4) is 40.1 Å². The van der Waals surface area contributed by atoms with Crippen LogP contribution >= 0.6 is 0 Å². The van der Waals surface area contributed by atoms with Crippen molar-refractivity contribution in [2.75, 3.05) is 26.6 Å². The summed E-state index contributed by atoms with van der Waals surface area (Å²) in [6.45, 7) is 6.95. The number of carbonyl (C=O) groups is 1. The van der Waals surface area contributed by atoms with Gasteiger partial charge >= 0.3 is 5.97 Å². The predicted molar refractivity (Wildman–Crippen MR) is 117 cm³/mol. The number of esters is 1. The van der Waals surface area contributed by atoms with Crippen LogP contribution in [0, 0.1) is 0 Å². The van der Waals surface area contributed by atoms with Crippen molar-refractivity contribution in [3.05, 3.63) is 47.7 Å². The number of hydrogen-bond acceptors (Lipinski definition) is 9. The molecule has 2 heterocycles. The molecular weight excluding hydrogens is 430 g/mol. The van der Waals surface area contributed by atoms with Gasteiger partial charge in [-0.2, -0.15) is 0 Å². The lowest BCUT2D eigenvalue weighted by molar-refractivity contribution is 0.0463. The number of aromatic nitrogens is 1. The summed E-state index contributed by atoms with van der Waals surface area (Å²) in [7, 11) is 0. The molecule has 0 unspecified atom stereocenters. The highest BCUT2D eigenvalue weighted by molar-refractivity contribution is 5.91. The maximum Gasteiger partial charge on any atom is 0.338 e. The van der Waals surface area contributed by atoms with Crippen molar-refractivity contribution < 1.29 is 37.7 Å².